The van der Waals surface area contributed by atoms with Gasteiger partial charge in [-0.25, -0.2) is 15.0 Å². The van der Waals surface area contributed by atoms with E-state index in [9.17, 15) is 0 Å². The zero-order valence-electron chi connectivity index (χ0n) is 19.7. The third-order valence-corrected chi connectivity index (χ3v) is 6.80. The van der Waals surface area contributed by atoms with Crippen molar-refractivity contribution in [1.82, 2.24) is 25.3 Å². The Kier molecular flexibility index (Phi) is 5.34. The third-order valence-electron chi connectivity index (χ3n) is 6.80. The number of fused-ring (bicyclic) bond motifs is 1. The summed E-state index contributed by atoms with van der Waals surface area (Å²) < 4.78 is 0. The largest absolute Gasteiger partial charge is 0.353 e. The van der Waals surface area contributed by atoms with Gasteiger partial charge < -0.3 is 15.5 Å². The van der Waals surface area contributed by atoms with Crippen molar-refractivity contribution < 1.29 is 0 Å². The van der Waals surface area contributed by atoms with Crippen LogP contribution in [0.3, 0.4) is 0 Å². The molecule has 7 nitrogen and oxygen atoms in total. The first-order chi connectivity index (χ1) is 16.7. The second-order valence-electron chi connectivity index (χ2n) is 9.33. The summed E-state index contributed by atoms with van der Waals surface area (Å²) in [5, 5.41) is 8.13. The maximum Gasteiger partial charge on any atom is 0.162 e. The highest BCUT2D eigenvalue weighted by Crippen LogP contribution is 2.44. The minimum atomic E-state index is 0.585. The number of anilines is 3. The number of nitrogens with one attached hydrogen (secondary N) is 2. The lowest BCUT2D eigenvalue weighted by Gasteiger charge is -2.30. The second-order valence-corrected chi connectivity index (χ2v) is 9.33. The molecule has 6 rings (SSSR count). The number of aryl methyl sites for hydroxylation is 2. The molecule has 1 saturated heterocycles. The molecule has 34 heavy (non-hydrogen) atoms. The van der Waals surface area contributed by atoms with Gasteiger partial charge in [-0.15, -0.1) is 0 Å². The fourth-order valence-corrected chi connectivity index (χ4v) is 4.80. The molecule has 4 aromatic rings. The number of hydrogen-bond acceptors (Lipinski definition) is 7. The topological polar surface area (TPSA) is 78.9 Å². The lowest BCUT2D eigenvalue weighted by molar-refractivity contribution is 0.586. The molecule has 0 atom stereocenters. The quantitative estimate of drug-likeness (QED) is 0.454. The van der Waals surface area contributed by atoms with Crippen LogP contribution in [0, 0.1) is 13.8 Å². The van der Waals surface area contributed by atoms with Crippen LogP contribution in [0.15, 0.2) is 48.9 Å². The number of aromatic nitrogens is 4. The minimum Gasteiger partial charge on any atom is -0.353 e. The lowest BCUT2D eigenvalue weighted by Crippen LogP contribution is -2.44. The molecular formula is C27H29N7. The SMILES string of the molecule is Cc1cccc(C)c1Nc1cc(-c2nc(N3CCNCC3)c3c(C4CC4)cncc3n2)ccn1. The van der Waals surface area contributed by atoms with Gasteiger partial charge in [0.2, 0.25) is 0 Å². The van der Waals surface area contributed by atoms with Crippen molar-refractivity contribution in [2.24, 2.45) is 0 Å². The van der Waals surface area contributed by atoms with Gasteiger partial charge in [0.05, 0.1) is 11.7 Å². The first-order valence-corrected chi connectivity index (χ1v) is 12.1. The Morgan fingerprint density at radius 2 is 1.79 bits per heavy atom. The zero-order chi connectivity index (χ0) is 23.1. The molecule has 0 unspecified atom stereocenters. The Morgan fingerprint density at radius 3 is 2.56 bits per heavy atom. The van der Waals surface area contributed by atoms with Gasteiger partial charge >= 0.3 is 0 Å². The number of hydrogen-bond donors (Lipinski definition) is 2. The highest BCUT2D eigenvalue weighted by molar-refractivity contribution is 5.94. The number of nitrogens with zero attached hydrogens (tertiary/aromatic N) is 5. The lowest BCUT2D eigenvalue weighted by atomic mass is 10.1. The Bertz CT molecular complexity index is 1340. The fourth-order valence-electron chi connectivity index (χ4n) is 4.80. The molecular weight excluding hydrogens is 422 g/mol. The van der Waals surface area contributed by atoms with Crippen LogP contribution in [0.1, 0.15) is 35.4 Å². The van der Waals surface area contributed by atoms with Crippen LogP contribution in [0.2, 0.25) is 0 Å². The first kappa shape index (κ1) is 21.0. The normalized spacial score (nSPS) is 16.1. The summed E-state index contributed by atoms with van der Waals surface area (Å²) in [7, 11) is 0. The maximum absolute atomic E-state index is 5.15. The van der Waals surface area contributed by atoms with Crippen molar-refractivity contribution in [3.05, 3.63) is 65.6 Å². The highest BCUT2D eigenvalue weighted by Gasteiger charge is 2.29. The Balaban J connectivity index is 1.44. The first-order valence-electron chi connectivity index (χ1n) is 12.1. The molecule has 0 amide bonds. The summed E-state index contributed by atoms with van der Waals surface area (Å²) in [5.74, 6) is 3.11. The minimum absolute atomic E-state index is 0.585. The van der Waals surface area contributed by atoms with Gasteiger partial charge in [0.1, 0.15) is 11.6 Å². The molecule has 1 aromatic carbocycles. The molecule has 2 N–H and O–H groups in total. The van der Waals surface area contributed by atoms with E-state index in [4.69, 9.17) is 9.97 Å². The van der Waals surface area contributed by atoms with Crippen LogP contribution >= 0.6 is 0 Å². The van der Waals surface area contributed by atoms with E-state index in [-0.39, 0.29) is 0 Å². The van der Waals surface area contributed by atoms with E-state index in [0.29, 0.717) is 11.7 Å². The average Bonchev–Trinajstić information content (AvgIpc) is 3.72. The summed E-state index contributed by atoms with van der Waals surface area (Å²) in [6.45, 7) is 8.01. The molecule has 4 heterocycles. The highest BCUT2D eigenvalue weighted by atomic mass is 15.2. The van der Waals surface area contributed by atoms with E-state index >= 15 is 0 Å². The van der Waals surface area contributed by atoms with Crippen molar-refractivity contribution in [3.8, 4) is 11.4 Å². The number of pyridine rings is 2. The number of benzene rings is 1. The van der Waals surface area contributed by atoms with Crippen LogP contribution in [-0.4, -0.2) is 46.1 Å². The fraction of sp³-hybridized carbons (Fsp3) is 0.333. The van der Waals surface area contributed by atoms with Gasteiger partial charge in [0.15, 0.2) is 5.82 Å². The van der Waals surface area contributed by atoms with Gasteiger partial charge in [-0.1, -0.05) is 18.2 Å². The smallest absolute Gasteiger partial charge is 0.162 e. The summed E-state index contributed by atoms with van der Waals surface area (Å²) in [4.78, 5) is 21.6. The van der Waals surface area contributed by atoms with E-state index in [0.717, 1.165) is 54.6 Å². The van der Waals surface area contributed by atoms with Gasteiger partial charge in [-0.3, -0.25) is 4.98 Å². The van der Waals surface area contributed by atoms with Crippen molar-refractivity contribution in [3.63, 3.8) is 0 Å². The molecule has 0 spiro atoms. The van der Waals surface area contributed by atoms with Crippen molar-refractivity contribution in [2.75, 3.05) is 36.4 Å². The number of piperazine rings is 1. The second kappa shape index (κ2) is 8.65. The van der Waals surface area contributed by atoms with Crippen LogP contribution in [0.25, 0.3) is 22.3 Å². The average molecular weight is 452 g/mol. The summed E-state index contributed by atoms with van der Waals surface area (Å²) in [5.41, 5.74) is 6.63. The predicted molar refractivity (Wildman–Crippen MR) is 137 cm³/mol. The Morgan fingerprint density at radius 1 is 1.00 bits per heavy atom. The third kappa shape index (κ3) is 3.96. The molecule has 2 aliphatic rings. The van der Waals surface area contributed by atoms with Gasteiger partial charge in [-0.05, 0) is 61.4 Å². The van der Waals surface area contributed by atoms with Crippen molar-refractivity contribution >= 4 is 28.2 Å². The standard InChI is InChI=1S/C27H29N7/c1-17-4-3-5-18(2)25(17)32-23-14-20(8-9-30-23)26-31-22-16-29-15-21(19-6-7-19)24(22)27(33-26)34-12-10-28-11-13-34/h3-5,8-9,14-16,19,28H,6-7,10-13H2,1-2H3,(H,30,32). The predicted octanol–water partition coefficient (Wildman–Crippen LogP) is 4.73. The molecule has 7 heteroatoms. The van der Waals surface area contributed by atoms with Crippen LogP contribution in [-0.2, 0) is 0 Å². The van der Waals surface area contributed by atoms with E-state index in [1.54, 1.807) is 0 Å². The molecule has 172 valence electrons. The van der Waals surface area contributed by atoms with E-state index in [1.165, 1.54) is 34.9 Å². The van der Waals surface area contributed by atoms with E-state index < -0.39 is 0 Å². The Labute approximate surface area is 199 Å². The van der Waals surface area contributed by atoms with Crippen molar-refractivity contribution in [1.29, 1.82) is 0 Å². The molecule has 2 fully saturated rings. The Hall–Kier alpha value is -3.58. The summed E-state index contributed by atoms with van der Waals surface area (Å²) >= 11 is 0. The monoisotopic (exact) mass is 451 g/mol. The molecule has 1 saturated carbocycles. The van der Waals surface area contributed by atoms with E-state index in [1.807, 2.05) is 30.7 Å². The zero-order valence-corrected chi connectivity index (χ0v) is 19.7. The maximum atomic E-state index is 5.15. The molecule has 3 aromatic heterocycles. The number of para-hydroxylation sites is 1. The van der Waals surface area contributed by atoms with Crippen LogP contribution in [0.5, 0.6) is 0 Å². The molecule has 0 radical (unpaired) electrons. The summed E-state index contributed by atoms with van der Waals surface area (Å²) in [6.07, 6.45) is 8.17. The van der Waals surface area contributed by atoms with Gasteiger partial charge in [-0.2, -0.15) is 0 Å². The van der Waals surface area contributed by atoms with Gasteiger partial charge in [0.25, 0.3) is 0 Å². The van der Waals surface area contributed by atoms with Crippen molar-refractivity contribution in [2.45, 2.75) is 32.6 Å². The molecule has 1 aliphatic heterocycles. The molecule has 1 aliphatic carbocycles. The number of rotatable bonds is 5. The van der Waals surface area contributed by atoms with Crippen LogP contribution in [0.4, 0.5) is 17.3 Å². The van der Waals surface area contributed by atoms with Crippen LogP contribution < -0.4 is 15.5 Å². The van der Waals surface area contributed by atoms with E-state index in [2.05, 4.69) is 57.5 Å². The summed E-state index contributed by atoms with van der Waals surface area (Å²) in [6, 6.07) is 10.3. The van der Waals surface area contributed by atoms with Gasteiger partial charge in [0, 0.05) is 55.2 Å². The molecule has 0 bridgehead atoms.